The minimum Gasteiger partial charge on any atom is -0.481 e. The Morgan fingerprint density at radius 1 is 0.971 bits per heavy atom. The van der Waals surface area contributed by atoms with Gasteiger partial charge in [-0.15, -0.1) is 0 Å². The number of fused-ring (bicyclic) bond motifs is 3. The molecule has 3 rings (SSSR count). The maximum Gasteiger partial charge on any atom is 0.407 e. The van der Waals surface area contributed by atoms with Crippen molar-refractivity contribution in [2.45, 2.75) is 58.9 Å². The number of amides is 2. The number of carboxylic acids is 1. The second-order valence-corrected chi connectivity index (χ2v) is 10.4. The van der Waals surface area contributed by atoms with E-state index in [1.54, 1.807) is 0 Å². The highest BCUT2D eigenvalue weighted by Crippen LogP contribution is 2.44. The van der Waals surface area contributed by atoms with Gasteiger partial charge in [-0.25, -0.2) is 4.79 Å². The first-order valence-electron chi connectivity index (χ1n) is 12.2. The Balaban J connectivity index is 1.42. The molecule has 0 saturated heterocycles. The second kappa shape index (κ2) is 11.4. The summed E-state index contributed by atoms with van der Waals surface area (Å²) in [4.78, 5) is 35.9. The van der Waals surface area contributed by atoms with Crippen LogP contribution in [0, 0.1) is 11.3 Å². The molecule has 0 fully saturated rings. The van der Waals surface area contributed by atoms with Crippen LogP contribution in [0.5, 0.6) is 0 Å². The molecule has 0 radical (unpaired) electrons. The third-order valence-electron chi connectivity index (χ3n) is 6.54. The molecular weight excluding hydrogens is 444 g/mol. The van der Waals surface area contributed by atoms with Crippen molar-refractivity contribution in [1.82, 2.24) is 10.6 Å². The van der Waals surface area contributed by atoms with Crippen molar-refractivity contribution >= 4 is 18.0 Å². The largest absolute Gasteiger partial charge is 0.481 e. The van der Waals surface area contributed by atoms with Gasteiger partial charge >= 0.3 is 12.1 Å². The average Bonchev–Trinajstić information content (AvgIpc) is 3.10. The normalized spacial score (nSPS) is 14.4. The number of aliphatic carboxylic acids is 1. The lowest BCUT2D eigenvalue weighted by Gasteiger charge is -2.30. The van der Waals surface area contributed by atoms with Gasteiger partial charge in [-0.1, -0.05) is 76.2 Å². The number of rotatable bonds is 10. The van der Waals surface area contributed by atoms with E-state index in [2.05, 4.69) is 34.9 Å². The van der Waals surface area contributed by atoms with E-state index in [0.717, 1.165) is 11.1 Å². The lowest BCUT2D eigenvalue weighted by atomic mass is 9.84. The van der Waals surface area contributed by atoms with Crippen molar-refractivity contribution in [3.63, 3.8) is 0 Å². The van der Waals surface area contributed by atoms with Gasteiger partial charge in [0.25, 0.3) is 0 Å². The summed E-state index contributed by atoms with van der Waals surface area (Å²) in [5, 5.41) is 14.8. The van der Waals surface area contributed by atoms with E-state index in [1.165, 1.54) is 11.1 Å². The Kier molecular flexibility index (Phi) is 8.54. The van der Waals surface area contributed by atoms with E-state index in [0.29, 0.717) is 13.0 Å². The number of benzene rings is 2. The molecule has 35 heavy (non-hydrogen) atoms. The van der Waals surface area contributed by atoms with Gasteiger partial charge in [-0.2, -0.15) is 0 Å². The maximum absolute atomic E-state index is 12.4. The number of hydrogen-bond acceptors (Lipinski definition) is 4. The molecule has 1 aliphatic rings. The molecule has 3 N–H and O–H groups in total. The fourth-order valence-corrected chi connectivity index (χ4v) is 4.49. The molecule has 0 heterocycles. The minimum absolute atomic E-state index is 0.0114. The molecule has 1 aliphatic carbocycles. The molecule has 0 aromatic heterocycles. The van der Waals surface area contributed by atoms with Crippen LogP contribution in [0.1, 0.15) is 64.0 Å². The van der Waals surface area contributed by atoms with Crippen LogP contribution in [0.2, 0.25) is 0 Å². The van der Waals surface area contributed by atoms with E-state index < -0.39 is 18.1 Å². The number of carboxylic acid groups (broad SMARTS) is 1. The summed E-state index contributed by atoms with van der Waals surface area (Å²) >= 11 is 0. The molecule has 0 saturated carbocycles. The Morgan fingerprint density at radius 2 is 1.54 bits per heavy atom. The summed E-state index contributed by atoms with van der Waals surface area (Å²) in [5.74, 6) is -1.09. The first kappa shape index (κ1) is 26.3. The quantitative estimate of drug-likeness (QED) is 0.446. The molecule has 7 nitrogen and oxygen atoms in total. The number of carbonyl (C=O) groups excluding carboxylic acids is 2. The highest BCUT2D eigenvalue weighted by Gasteiger charge is 2.30. The van der Waals surface area contributed by atoms with Crippen LogP contribution in [0.4, 0.5) is 4.79 Å². The number of hydrogen-bond donors (Lipinski definition) is 3. The molecule has 2 aromatic carbocycles. The molecule has 2 amide bonds. The summed E-state index contributed by atoms with van der Waals surface area (Å²) in [6.45, 7) is 8.30. The molecule has 0 spiro atoms. The van der Waals surface area contributed by atoms with E-state index in [1.807, 2.05) is 52.0 Å². The van der Waals surface area contributed by atoms with E-state index in [-0.39, 0.29) is 42.6 Å². The van der Waals surface area contributed by atoms with E-state index in [9.17, 15) is 14.4 Å². The fourth-order valence-electron chi connectivity index (χ4n) is 4.49. The first-order valence-corrected chi connectivity index (χ1v) is 12.2. The van der Waals surface area contributed by atoms with Crippen molar-refractivity contribution in [3.8, 4) is 11.1 Å². The summed E-state index contributed by atoms with van der Waals surface area (Å²) in [6, 6.07) is 15.9. The topological polar surface area (TPSA) is 105 Å². The molecular formula is C28H36N2O5. The van der Waals surface area contributed by atoms with Crippen LogP contribution in [-0.4, -0.2) is 42.3 Å². The van der Waals surface area contributed by atoms with Gasteiger partial charge in [0.1, 0.15) is 6.61 Å². The standard InChI is InChI=1S/C28H36N2O5/c1-18(15-25(31)30-24(16-26(32)33)28(2,3)4)13-14-29-27(34)35-17-23-21-11-7-5-9-19(21)20-10-6-8-12-22(20)23/h5-12,18,23-24H,13-17H2,1-4H3,(H,29,34)(H,30,31)(H,32,33). The third kappa shape index (κ3) is 7.07. The van der Waals surface area contributed by atoms with Gasteiger partial charge in [-0.05, 0) is 40.0 Å². The monoisotopic (exact) mass is 480 g/mol. The van der Waals surface area contributed by atoms with Gasteiger partial charge in [0.2, 0.25) is 5.91 Å². The van der Waals surface area contributed by atoms with Gasteiger partial charge in [0.05, 0.1) is 6.42 Å². The lowest BCUT2D eigenvalue weighted by molar-refractivity contribution is -0.138. The predicted octanol–water partition coefficient (Wildman–Crippen LogP) is 4.95. The fraction of sp³-hybridized carbons (Fsp3) is 0.464. The van der Waals surface area contributed by atoms with Crippen LogP contribution in [0.15, 0.2) is 48.5 Å². The molecule has 2 aromatic rings. The van der Waals surface area contributed by atoms with Crippen molar-refractivity contribution in [2.75, 3.05) is 13.2 Å². The Labute approximate surface area is 207 Å². The third-order valence-corrected chi connectivity index (χ3v) is 6.54. The van der Waals surface area contributed by atoms with Gasteiger partial charge in [-0.3, -0.25) is 9.59 Å². The van der Waals surface area contributed by atoms with Crippen LogP contribution >= 0.6 is 0 Å². The van der Waals surface area contributed by atoms with Crippen molar-refractivity contribution in [3.05, 3.63) is 59.7 Å². The van der Waals surface area contributed by atoms with Gasteiger partial charge < -0.3 is 20.5 Å². The van der Waals surface area contributed by atoms with Crippen LogP contribution in [0.3, 0.4) is 0 Å². The van der Waals surface area contributed by atoms with Crippen LogP contribution in [0.25, 0.3) is 11.1 Å². The SMILES string of the molecule is CC(CCNC(=O)OCC1c2ccccc2-c2ccccc21)CC(=O)NC(CC(=O)O)C(C)(C)C. The number of alkyl carbamates (subject to hydrolysis) is 1. The van der Waals surface area contributed by atoms with Crippen molar-refractivity contribution in [1.29, 1.82) is 0 Å². The Hall–Kier alpha value is -3.35. The molecule has 2 atom stereocenters. The van der Waals surface area contributed by atoms with Crippen LogP contribution < -0.4 is 10.6 Å². The predicted molar refractivity (Wildman–Crippen MR) is 135 cm³/mol. The smallest absolute Gasteiger partial charge is 0.407 e. The second-order valence-electron chi connectivity index (χ2n) is 10.4. The Bertz CT molecular complexity index is 1010. The molecule has 0 aliphatic heterocycles. The summed E-state index contributed by atoms with van der Waals surface area (Å²) in [5.41, 5.74) is 4.33. The zero-order valence-corrected chi connectivity index (χ0v) is 21.0. The van der Waals surface area contributed by atoms with Crippen LogP contribution in [-0.2, 0) is 14.3 Å². The van der Waals surface area contributed by atoms with Crippen molar-refractivity contribution < 1.29 is 24.2 Å². The van der Waals surface area contributed by atoms with Crippen molar-refractivity contribution in [2.24, 2.45) is 11.3 Å². The number of nitrogens with one attached hydrogen (secondary N) is 2. The highest BCUT2D eigenvalue weighted by atomic mass is 16.5. The zero-order chi connectivity index (χ0) is 25.6. The molecule has 0 bridgehead atoms. The van der Waals surface area contributed by atoms with E-state index >= 15 is 0 Å². The minimum atomic E-state index is -0.939. The maximum atomic E-state index is 12.4. The van der Waals surface area contributed by atoms with Gasteiger partial charge in [0, 0.05) is 24.9 Å². The summed E-state index contributed by atoms with van der Waals surface area (Å²) < 4.78 is 5.54. The zero-order valence-electron chi connectivity index (χ0n) is 21.0. The first-order chi connectivity index (χ1) is 16.6. The summed E-state index contributed by atoms with van der Waals surface area (Å²) in [7, 11) is 0. The van der Waals surface area contributed by atoms with E-state index in [4.69, 9.17) is 9.84 Å². The average molecular weight is 481 g/mol. The molecule has 188 valence electrons. The lowest BCUT2D eigenvalue weighted by Crippen LogP contribution is -2.45. The summed E-state index contributed by atoms with van der Waals surface area (Å²) in [6.07, 6.45) is 0.278. The Morgan fingerprint density at radius 3 is 2.09 bits per heavy atom. The number of carbonyl (C=O) groups is 3. The van der Waals surface area contributed by atoms with Gasteiger partial charge in [0.15, 0.2) is 0 Å². The number of ether oxygens (including phenoxy) is 1. The molecule has 2 unspecified atom stereocenters. The molecule has 7 heteroatoms. The highest BCUT2D eigenvalue weighted by molar-refractivity contribution is 5.79.